The molecule has 1 unspecified atom stereocenters. The second-order valence-electron chi connectivity index (χ2n) is 7.49. The van der Waals surface area contributed by atoms with Crippen molar-refractivity contribution in [1.82, 2.24) is 4.90 Å². The number of carbonyl (C=O) groups is 1. The van der Waals surface area contributed by atoms with E-state index in [2.05, 4.69) is 48.3 Å². The summed E-state index contributed by atoms with van der Waals surface area (Å²) in [6, 6.07) is 24.4. The van der Waals surface area contributed by atoms with Crippen molar-refractivity contribution >= 4 is 17.7 Å². The fourth-order valence-electron chi connectivity index (χ4n) is 4.32. The first-order valence-electron chi connectivity index (χ1n) is 9.71. The Morgan fingerprint density at radius 1 is 0.964 bits per heavy atom. The predicted molar refractivity (Wildman–Crippen MR) is 113 cm³/mol. The Bertz CT molecular complexity index is 1070. The first-order valence-corrected chi connectivity index (χ1v) is 9.71. The van der Waals surface area contributed by atoms with Gasteiger partial charge < -0.3 is 9.80 Å². The Balaban J connectivity index is 1.62. The molecule has 1 amide bonds. The summed E-state index contributed by atoms with van der Waals surface area (Å²) in [5.74, 6) is 0.0222. The number of nitrogens with zero attached hydrogens (tertiary/aromatic N) is 2. The molecule has 0 aliphatic carbocycles. The van der Waals surface area contributed by atoms with Crippen LogP contribution in [0.5, 0.6) is 0 Å². The maximum absolute atomic E-state index is 13.3. The summed E-state index contributed by atoms with van der Waals surface area (Å²) in [6.07, 6.45) is 5.02. The number of amides is 1. The molecule has 2 aliphatic rings. The quantitative estimate of drug-likeness (QED) is 0.644. The topological polar surface area (TPSA) is 23.6 Å². The number of fused-ring (bicyclic) bond motifs is 2. The lowest BCUT2D eigenvalue weighted by Crippen LogP contribution is -2.33. The van der Waals surface area contributed by atoms with Crippen molar-refractivity contribution in [2.75, 3.05) is 18.5 Å². The fraction of sp³-hybridized carbons (Fsp3) is 0.160. The van der Waals surface area contributed by atoms with Gasteiger partial charge in [-0.15, -0.1) is 0 Å². The lowest BCUT2D eigenvalue weighted by Gasteiger charge is -2.34. The molecule has 138 valence electrons. The molecule has 0 spiro atoms. The van der Waals surface area contributed by atoms with Gasteiger partial charge in [-0.3, -0.25) is 4.79 Å². The van der Waals surface area contributed by atoms with E-state index in [0.29, 0.717) is 5.56 Å². The average Bonchev–Trinajstić information content (AvgIpc) is 3.13. The van der Waals surface area contributed by atoms with Crippen molar-refractivity contribution < 1.29 is 4.79 Å². The maximum Gasteiger partial charge on any atom is 0.258 e. The van der Waals surface area contributed by atoms with E-state index in [4.69, 9.17) is 0 Å². The van der Waals surface area contributed by atoms with E-state index < -0.39 is 0 Å². The number of hydrogen-bond donors (Lipinski definition) is 0. The summed E-state index contributed by atoms with van der Waals surface area (Å²) in [7, 11) is 2.13. The minimum absolute atomic E-state index is 0.0222. The van der Waals surface area contributed by atoms with Crippen LogP contribution in [0.1, 0.15) is 38.7 Å². The van der Waals surface area contributed by atoms with E-state index in [1.54, 1.807) is 0 Å². The van der Waals surface area contributed by atoms with E-state index in [9.17, 15) is 4.79 Å². The van der Waals surface area contributed by atoms with Crippen LogP contribution in [-0.2, 0) is 6.42 Å². The lowest BCUT2D eigenvalue weighted by molar-refractivity contribution is 0.0787. The molecule has 1 atom stereocenters. The number of benzene rings is 3. The van der Waals surface area contributed by atoms with Gasteiger partial charge >= 0.3 is 0 Å². The van der Waals surface area contributed by atoms with Gasteiger partial charge in [0.15, 0.2) is 0 Å². The fourth-order valence-corrected chi connectivity index (χ4v) is 4.32. The van der Waals surface area contributed by atoms with Gasteiger partial charge in [0.2, 0.25) is 0 Å². The van der Waals surface area contributed by atoms with Crippen LogP contribution in [0.3, 0.4) is 0 Å². The molecule has 0 N–H and O–H groups in total. The average molecular weight is 366 g/mol. The predicted octanol–water partition coefficient (Wildman–Crippen LogP) is 4.90. The zero-order chi connectivity index (χ0) is 19.1. The summed E-state index contributed by atoms with van der Waals surface area (Å²) in [4.78, 5) is 17.5. The van der Waals surface area contributed by atoms with Gasteiger partial charge in [-0.25, -0.2) is 0 Å². The molecule has 0 radical (unpaired) electrons. The molecule has 3 heteroatoms. The normalized spacial score (nSPS) is 17.4. The Morgan fingerprint density at radius 2 is 1.75 bits per heavy atom. The van der Waals surface area contributed by atoms with Crippen molar-refractivity contribution in [3.63, 3.8) is 0 Å². The third-order valence-corrected chi connectivity index (χ3v) is 5.79. The minimum Gasteiger partial charge on any atom is -0.374 e. The molecule has 2 heterocycles. The Hall–Kier alpha value is -3.33. The summed E-state index contributed by atoms with van der Waals surface area (Å²) >= 11 is 0. The number of likely N-dealkylation sites (N-methyl/N-ethyl adjacent to an activating group) is 1. The highest BCUT2D eigenvalue weighted by Gasteiger charge is 2.31. The van der Waals surface area contributed by atoms with E-state index >= 15 is 0 Å². The van der Waals surface area contributed by atoms with E-state index in [-0.39, 0.29) is 11.9 Å². The molecule has 3 aromatic carbocycles. The van der Waals surface area contributed by atoms with Gasteiger partial charge in [0.25, 0.3) is 5.91 Å². The van der Waals surface area contributed by atoms with Gasteiger partial charge in [-0.05, 0) is 52.9 Å². The monoisotopic (exact) mass is 366 g/mol. The zero-order valence-electron chi connectivity index (χ0n) is 15.9. The van der Waals surface area contributed by atoms with Crippen LogP contribution in [0.15, 0.2) is 79.0 Å². The number of rotatable bonds is 2. The van der Waals surface area contributed by atoms with Crippen molar-refractivity contribution in [3.05, 3.63) is 107 Å². The van der Waals surface area contributed by atoms with Gasteiger partial charge in [0.1, 0.15) is 0 Å². The van der Waals surface area contributed by atoms with Crippen LogP contribution in [0, 0.1) is 0 Å². The zero-order valence-corrected chi connectivity index (χ0v) is 15.9. The van der Waals surface area contributed by atoms with Crippen molar-refractivity contribution in [3.8, 4) is 0 Å². The minimum atomic E-state index is -0.120. The number of anilines is 1. The maximum atomic E-state index is 13.3. The summed E-state index contributed by atoms with van der Waals surface area (Å²) in [6.45, 7) is 1.05. The molecule has 0 saturated carbocycles. The molecule has 3 nitrogen and oxygen atoms in total. The highest BCUT2D eigenvalue weighted by Crippen LogP contribution is 2.39. The molecule has 0 fully saturated rings. The molecule has 0 aromatic heterocycles. The third-order valence-electron chi connectivity index (χ3n) is 5.79. The highest BCUT2D eigenvalue weighted by molar-refractivity contribution is 5.96. The SMILES string of the molecule is CN1CCc2cc(C3c4ccccc4C=CN3C(=O)c3ccccc3)ccc21. The van der Waals surface area contributed by atoms with Crippen LogP contribution >= 0.6 is 0 Å². The van der Waals surface area contributed by atoms with Crippen molar-refractivity contribution in [2.45, 2.75) is 12.5 Å². The highest BCUT2D eigenvalue weighted by atomic mass is 16.2. The van der Waals surface area contributed by atoms with Crippen LogP contribution in [-0.4, -0.2) is 24.4 Å². The van der Waals surface area contributed by atoms with Gasteiger partial charge in [0.05, 0.1) is 6.04 Å². The van der Waals surface area contributed by atoms with Crippen LogP contribution < -0.4 is 4.90 Å². The second-order valence-corrected chi connectivity index (χ2v) is 7.49. The van der Waals surface area contributed by atoms with Gasteiger partial charge in [0, 0.05) is 31.0 Å². The lowest BCUT2D eigenvalue weighted by atomic mass is 9.89. The molecular weight excluding hydrogens is 344 g/mol. The molecule has 0 saturated heterocycles. The van der Waals surface area contributed by atoms with Crippen molar-refractivity contribution in [2.24, 2.45) is 0 Å². The molecular formula is C25H22N2O. The van der Waals surface area contributed by atoms with Gasteiger partial charge in [-0.2, -0.15) is 0 Å². The first-order chi connectivity index (χ1) is 13.7. The first kappa shape index (κ1) is 16.8. The largest absolute Gasteiger partial charge is 0.374 e. The number of hydrogen-bond acceptors (Lipinski definition) is 2. The standard InChI is InChI=1S/C25H22N2O/c1-26-15-13-20-17-21(11-12-23(20)26)24-22-10-6-5-7-18(22)14-16-27(24)25(28)19-8-3-2-4-9-19/h2-12,14,16-17,24H,13,15H2,1H3. The van der Waals surface area contributed by atoms with Crippen LogP contribution in [0.25, 0.3) is 6.08 Å². The van der Waals surface area contributed by atoms with Crippen molar-refractivity contribution in [1.29, 1.82) is 0 Å². The smallest absolute Gasteiger partial charge is 0.258 e. The summed E-state index contributed by atoms with van der Waals surface area (Å²) in [5, 5.41) is 0. The van der Waals surface area contributed by atoms with Crippen LogP contribution in [0.2, 0.25) is 0 Å². The second kappa shape index (κ2) is 6.68. The van der Waals surface area contributed by atoms with E-state index in [1.165, 1.54) is 22.4 Å². The van der Waals surface area contributed by atoms with Crippen LogP contribution in [0.4, 0.5) is 5.69 Å². The third kappa shape index (κ3) is 2.71. The Kier molecular flexibility index (Phi) is 4.01. The number of carbonyl (C=O) groups excluding carboxylic acids is 1. The molecule has 3 aromatic rings. The molecule has 0 bridgehead atoms. The Labute approximate surface area is 165 Å². The molecule has 5 rings (SSSR count). The van der Waals surface area contributed by atoms with E-state index in [1.807, 2.05) is 53.6 Å². The summed E-state index contributed by atoms with van der Waals surface area (Å²) in [5.41, 5.74) is 6.86. The summed E-state index contributed by atoms with van der Waals surface area (Å²) < 4.78 is 0. The van der Waals surface area contributed by atoms with Gasteiger partial charge in [-0.1, -0.05) is 54.6 Å². The molecule has 28 heavy (non-hydrogen) atoms. The molecule has 2 aliphatic heterocycles. The van der Waals surface area contributed by atoms with E-state index in [0.717, 1.165) is 18.5 Å². The Morgan fingerprint density at radius 3 is 2.61 bits per heavy atom.